The lowest BCUT2D eigenvalue weighted by Gasteiger charge is -2.34. The van der Waals surface area contributed by atoms with Crippen LogP contribution in [0.5, 0.6) is 5.75 Å². The summed E-state index contributed by atoms with van der Waals surface area (Å²) in [7, 11) is 0. The zero-order chi connectivity index (χ0) is 25.8. The molecule has 0 N–H and O–H groups in total. The molecular weight excluding hydrogens is 464 g/mol. The van der Waals surface area contributed by atoms with Gasteiger partial charge in [-0.1, -0.05) is 0 Å². The summed E-state index contributed by atoms with van der Waals surface area (Å²) < 4.78 is 13.7. The van der Waals surface area contributed by atoms with Gasteiger partial charge in [0.1, 0.15) is 23.5 Å². The van der Waals surface area contributed by atoms with Crippen molar-refractivity contribution < 1.29 is 9.47 Å². The van der Waals surface area contributed by atoms with Gasteiger partial charge in [0.15, 0.2) is 0 Å². The van der Waals surface area contributed by atoms with Crippen LogP contribution in [0, 0.1) is 34.5 Å². The van der Waals surface area contributed by atoms with Crippen LogP contribution in [0.15, 0.2) is 30.5 Å². The zero-order valence-electron chi connectivity index (χ0n) is 21.7. The normalized spacial score (nSPS) is 18.8. The van der Waals surface area contributed by atoms with Crippen LogP contribution >= 0.6 is 0 Å². The Bertz CT molecular complexity index is 1320. The van der Waals surface area contributed by atoms with Crippen LogP contribution < -0.4 is 4.74 Å². The van der Waals surface area contributed by atoms with Gasteiger partial charge in [-0.25, -0.2) is 9.97 Å². The Kier molecular flexibility index (Phi) is 7.69. The Morgan fingerprint density at radius 3 is 2.62 bits per heavy atom. The van der Waals surface area contributed by atoms with E-state index >= 15 is 0 Å². The van der Waals surface area contributed by atoms with E-state index in [9.17, 15) is 10.5 Å². The smallest absolute Gasteiger partial charge is 0.234 e. The zero-order valence-corrected chi connectivity index (χ0v) is 21.7. The first kappa shape index (κ1) is 25.2. The first-order valence-electron chi connectivity index (χ1n) is 13.3. The van der Waals surface area contributed by atoms with Crippen LogP contribution in [0.4, 0.5) is 0 Å². The van der Waals surface area contributed by atoms with E-state index in [0.29, 0.717) is 41.5 Å². The minimum absolute atomic E-state index is 0.118. The van der Waals surface area contributed by atoms with Crippen LogP contribution in [0.3, 0.4) is 0 Å². The molecule has 2 fully saturated rings. The molecule has 0 bridgehead atoms. The lowest BCUT2D eigenvalue weighted by atomic mass is 9.93. The van der Waals surface area contributed by atoms with Crippen molar-refractivity contribution in [1.82, 2.24) is 19.4 Å². The number of nitriles is 2. The maximum absolute atomic E-state index is 9.86. The number of nitrogens with zero attached hydrogens (tertiary/aromatic N) is 6. The molecule has 2 aliphatic heterocycles. The van der Waals surface area contributed by atoms with Crippen molar-refractivity contribution in [2.45, 2.75) is 52.1 Å². The SMILES string of the molecule is CC(C)N1CCC(CCOc2ccc(-c3nc(C#N)nc4c3ccn4CC3CCOC3)cc2C#N)CC1. The summed E-state index contributed by atoms with van der Waals surface area (Å²) >= 11 is 0. The highest BCUT2D eigenvalue weighted by Crippen LogP contribution is 2.32. The van der Waals surface area contributed by atoms with E-state index in [1.54, 1.807) is 0 Å². The molecule has 0 radical (unpaired) electrons. The molecule has 1 aromatic carbocycles. The van der Waals surface area contributed by atoms with Gasteiger partial charge in [-0.15, -0.1) is 0 Å². The van der Waals surface area contributed by atoms with Gasteiger partial charge in [0, 0.05) is 42.3 Å². The predicted molar refractivity (Wildman–Crippen MR) is 141 cm³/mol. The Hall–Kier alpha value is -3.46. The van der Waals surface area contributed by atoms with E-state index in [0.717, 1.165) is 62.3 Å². The molecule has 1 unspecified atom stereocenters. The molecule has 192 valence electrons. The molecule has 8 heteroatoms. The van der Waals surface area contributed by atoms with Crippen molar-refractivity contribution in [2.75, 3.05) is 32.9 Å². The van der Waals surface area contributed by atoms with E-state index in [2.05, 4.69) is 45.4 Å². The number of ether oxygens (including phenoxy) is 2. The van der Waals surface area contributed by atoms with Crippen LogP contribution in [-0.4, -0.2) is 58.4 Å². The standard InChI is InChI=1S/C29H34N6O2/c1-20(2)34-10-5-21(6-11-34)9-14-37-26-4-3-23(15-24(26)16-30)28-25-7-12-35(18-22-8-13-36-19-22)29(25)33-27(17-31)32-28/h3-4,7,12,15,20-22H,5-6,8-11,13-14,18-19H2,1-2H3. The van der Waals surface area contributed by atoms with E-state index in [1.165, 1.54) is 12.8 Å². The summed E-state index contributed by atoms with van der Waals surface area (Å²) in [6, 6.07) is 12.5. The number of hydrogen-bond acceptors (Lipinski definition) is 7. The van der Waals surface area contributed by atoms with Crippen molar-refractivity contribution in [1.29, 1.82) is 10.5 Å². The minimum Gasteiger partial charge on any atom is -0.492 e. The molecule has 2 aliphatic rings. The maximum Gasteiger partial charge on any atom is 0.234 e. The van der Waals surface area contributed by atoms with Gasteiger partial charge >= 0.3 is 0 Å². The summed E-state index contributed by atoms with van der Waals surface area (Å²) in [5, 5.41) is 20.3. The number of aromatic nitrogens is 3. The summed E-state index contributed by atoms with van der Waals surface area (Å²) in [6.07, 6.45) is 6.41. The summed E-state index contributed by atoms with van der Waals surface area (Å²) in [5.41, 5.74) is 2.63. The number of benzene rings is 1. The summed E-state index contributed by atoms with van der Waals surface area (Å²) in [5.74, 6) is 1.81. The molecule has 4 heterocycles. The molecule has 2 aromatic heterocycles. The van der Waals surface area contributed by atoms with E-state index in [4.69, 9.17) is 9.47 Å². The van der Waals surface area contributed by atoms with Crippen molar-refractivity contribution in [3.8, 4) is 29.1 Å². The fraction of sp³-hybridized carbons (Fsp3) is 0.517. The fourth-order valence-electron chi connectivity index (χ4n) is 5.47. The molecule has 2 saturated heterocycles. The monoisotopic (exact) mass is 498 g/mol. The molecule has 0 spiro atoms. The predicted octanol–water partition coefficient (Wildman–Crippen LogP) is 4.77. The fourth-order valence-corrected chi connectivity index (χ4v) is 5.47. The van der Waals surface area contributed by atoms with Crippen LogP contribution in [0.2, 0.25) is 0 Å². The van der Waals surface area contributed by atoms with Gasteiger partial charge in [-0.2, -0.15) is 10.5 Å². The van der Waals surface area contributed by atoms with Crippen molar-refractivity contribution >= 4 is 11.0 Å². The molecular formula is C29H34N6O2. The molecule has 8 nitrogen and oxygen atoms in total. The number of fused-ring (bicyclic) bond motifs is 1. The topological polar surface area (TPSA) is 100.0 Å². The first-order valence-corrected chi connectivity index (χ1v) is 13.3. The average Bonchev–Trinajstić information content (AvgIpc) is 3.59. The van der Waals surface area contributed by atoms with Crippen LogP contribution in [0.25, 0.3) is 22.3 Å². The highest BCUT2D eigenvalue weighted by atomic mass is 16.5. The molecule has 37 heavy (non-hydrogen) atoms. The van der Waals surface area contributed by atoms with Gasteiger partial charge in [0.05, 0.1) is 24.5 Å². The summed E-state index contributed by atoms with van der Waals surface area (Å²) in [4.78, 5) is 11.5. The Balaban J connectivity index is 1.32. The second-order valence-corrected chi connectivity index (χ2v) is 10.5. The van der Waals surface area contributed by atoms with Gasteiger partial charge in [0.25, 0.3) is 0 Å². The van der Waals surface area contributed by atoms with Gasteiger partial charge in [-0.3, -0.25) is 0 Å². The lowest BCUT2D eigenvalue weighted by Crippen LogP contribution is -2.38. The number of likely N-dealkylation sites (tertiary alicyclic amines) is 1. The molecule has 1 atom stereocenters. The molecule has 3 aromatic rings. The molecule has 0 amide bonds. The second kappa shape index (κ2) is 11.3. The number of rotatable bonds is 8. The van der Waals surface area contributed by atoms with Crippen molar-refractivity contribution in [2.24, 2.45) is 11.8 Å². The summed E-state index contributed by atoms with van der Waals surface area (Å²) in [6.45, 7) is 9.73. The third-order valence-electron chi connectivity index (χ3n) is 7.73. The lowest BCUT2D eigenvalue weighted by molar-refractivity contribution is 0.135. The Morgan fingerprint density at radius 1 is 1.08 bits per heavy atom. The number of piperidine rings is 1. The van der Waals surface area contributed by atoms with Crippen molar-refractivity contribution in [3.63, 3.8) is 0 Å². The number of hydrogen-bond donors (Lipinski definition) is 0. The van der Waals surface area contributed by atoms with Gasteiger partial charge < -0.3 is 18.9 Å². The van der Waals surface area contributed by atoms with Crippen LogP contribution in [0.1, 0.15) is 50.9 Å². The van der Waals surface area contributed by atoms with Gasteiger partial charge in [0.2, 0.25) is 5.82 Å². The van der Waals surface area contributed by atoms with E-state index < -0.39 is 0 Å². The second-order valence-electron chi connectivity index (χ2n) is 10.5. The third-order valence-corrected chi connectivity index (χ3v) is 7.73. The third kappa shape index (κ3) is 5.61. The molecule has 0 aliphatic carbocycles. The Labute approximate surface area is 218 Å². The Morgan fingerprint density at radius 2 is 1.92 bits per heavy atom. The largest absolute Gasteiger partial charge is 0.492 e. The van der Waals surface area contributed by atoms with Crippen molar-refractivity contribution in [3.05, 3.63) is 41.9 Å². The first-order chi connectivity index (χ1) is 18.1. The quantitative estimate of drug-likeness (QED) is 0.441. The molecule has 5 rings (SSSR count). The maximum atomic E-state index is 9.86. The molecule has 0 saturated carbocycles. The highest BCUT2D eigenvalue weighted by molar-refractivity contribution is 5.91. The van der Waals surface area contributed by atoms with Gasteiger partial charge in [-0.05, 0) is 82.8 Å². The minimum atomic E-state index is 0.118. The van der Waals surface area contributed by atoms with Crippen LogP contribution in [-0.2, 0) is 11.3 Å². The average molecular weight is 499 g/mol. The van der Waals surface area contributed by atoms with E-state index in [1.807, 2.05) is 30.5 Å². The van der Waals surface area contributed by atoms with E-state index in [-0.39, 0.29) is 5.82 Å². The highest BCUT2D eigenvalue weighted by Gasteiger charge is 2.22.